The molecular formula is C15H28N2. The standard InChI is InChI=1S/C15H28N2/c1-17-11-14(13-5-3-2-4-6-13)15(12-17)7-9-16-10-8-15/h13-14,16H,2-12H2,1H3. The predicted octanol–water partition coefficient (Wildman–Crippen LogP) is 2.50. The zero-order valence-corrected chi connectivity index (χ0v) is 11.4. The first-order chi connectivity index (χ1) is 8.30. The highest BCUT2D eigenvalue weighted by Gasteiger charge is 2.48. The van der Waals surface area contributed by atoms with Crippen LogP contribution in [-0.2, 0) is 0 Å². The number of nitrogens with zero attached hydrogens (tertiary/aromatic N) is 1. The maximum atomic E-state index is 3.56. The van der Waals surface area contributed by atoms with Crippen LogP contribution in [0.2, 0.25) is 0 Å². The Balaban J connectivity index is 1.75. The van der Waals surface area contributed by atoms with Gasteiger partial charge in [0.25, 0.3) is 0 Å². The van der Waals surface area contributed by atoms with Crippen LogP contribution in [0.3, 0.4) is 0 Å². The Kier molecular flexibility index (Phi) is 3.45. The Labute approximate surface area is 106 Å². The van der Waals surface area contributed by atoms with E-state index >= 15 is 0 Å². The highest BCUT2D eigenvalue weighted by atomic mass is 15.1. The molecule has 1 spiro atoms. The Morgan fingerprint density at radius 1 is 1.06 bits per heavy atom. The van der Waals surface area contributed by atoms with Crippen molar-refractivity contribution in [3.05, 3.63) is 0 Å². The molecule has 3 aliphatic rings. The Bertz CT molecular complexity index is 252. The van der Waals surface area contributed by atoms with Gasteiger partial charge in [-0.3, -0.25) is 0 Å². The van der Waals surface area contributed by atoms with Crippen LogP contribution in [0, 0.1) is 17.3 Å². The average Bonchev–Trinajstić information content (AvgIpc) is 2.68. The van der Waals surface area contributed by atoms with Gasteiger partial charge in [-0.1, -0.05) is 32.1 Å². The molecule has 0 amide bonds. The highest BCUT2D eigenvalue weighted by molar-refractivity contribution is 5.00. The quantitative estimate of drug-likeness (QED) is 0.752. The maximum Gasteiger partial charge on any atom is 0.00392 e. The van der Waals surface area contributed by atoms with E-state index in [0.717, 1.165) is 11.8 Å². The molecule has 3 fully saturated rings. The minimum Gasteiger partial charge on any atom is -0.317 e. The van der Waals surface area contributed by atoms with E-state index in [2.05, 4.69) is 17.3 Å². The van der Waals surface area contributed by atoms with Gasteiger partial charge in [0.2, 0.25) is 0 Å². The molecule has 1 saturated carbocycles. The summed E-state index contributed by atoms with van der Waals surface area (Å²) in [5.74, 6) is 2.06. The van der Waals surface area contributed by atoms with Crippen molar-refractivity contribution in [2.45, 2.75) is 44.9 Å². The van der Waals surface area contributed by atoms with Crippen LogP contribution < -0.4 is 5.32 Å². The third-order valence-corrected chi connectivity index (χ3v) is 5.70. The van der Waals surface area contributed by atoms with Gasteiger partial charge in [0.05, 0.1) is 0 Å². The number of rotatable bonds is 1. The van der Waals surface area contributed by atoms with Crippen molar-refractivity contribution in [3.8, 4) is 0 Å². The first-order valence-electron chi connectivity index (χ1n) is 7.69. The van der Waals surface area contributed by atoms with Gasteiger partial charge >= 0.3 is 0 Å². The second-order valence-corrected chi connectivity index (χ2v) is 6.81. The monoisotopic (exact) mass is 236 g/mol. The number of likely N-dealkylation sites (tertiary alicyclic amines) is 1. The Morgan fingerprint density at radius 3 is 2.47 bits per heavy atom. The maximum absolute atomic E-state index is 3.56. The smallest absolute Gasteiger partial charge is 0.00392 e. The molecule has 0 aromatic rings. The van der Waals surface area contributed by atoms with Crippen molar-refractivity contribution in [2.24, 2.45) is 17.3 Å². The summed E-state index contributed by atoms with van der Waals surface area (Å²) >= 11 is 0. The minimum absolute atomic E-state index is 0.683. The molecule has 0 aromatic heterocycles. The van der Waals surface area contributed by atoms with Crippen LogP contribution in [0.5, 0.6) is 0 Å². The van der Waals surface area contributed by atoms with E-state index in [0.29, 0.717) is 5.41 Å². The lowest BCUT2D eigenvalue weighted by molar-refractivity contribution is 0.0905. The van der Waals surface area contributed by atoms with Crippen molar-refractivity contribution < 1.29 is 0 Å². The average molecular weight is 236 g/mol. The lowest BCUT2D eigenvalue weighted by Crippen LogP contribution is -2.44. The van der Waals surface area contributed by atoms with E-state index in [1.165, 1.54) is 71.1 Å². The van der Waals surface area contributed by atoms with Gasteiger partial charge in [0.15, 0.2) is 0 Å². The molecule has 0 aromatic carbocycles. The SMILES string of the molecule is CN1CC(C2CCCCC2)C2(CCNCC2)C1. The van der Waals surface area contributed by atoms with Crippen LogP contribution >= 0.6 is 0 Å². The second-order valence-electron chi connectivity index (χ2n) is 6.81. The summed E-state index contributed by atoms with van der Waals surface area (Å²) in [6.45, 7) is 5.27. The molecule has 2 heterocycles. The summed E-state index contributed by atoms with van der Waals surface area (Å²) in [6, 6.07) is 0. The largest absolute Gasteiger partial charge is 0.317 e. The van der Waals surface area contributed by atoms with Crippen molar-refractivity contribution in [1.29, 1.82) is 0 Å². The molecule has 0 radical (unpaired) electrons. The van der Waals surface area contributed by atoms with Crippen LogP contribution in [0.1, 0.15) is 44.9 Å². The number of piperidine rings is 1. The molecule has 0 bridgehead atoms. The van der Waals surface area contributed by atoms with Crippen molar-refractivity contribution in [1.82, 2.24) is 10.2 Å². The molecule has 2 heteroatoms. The summed E-state index contributed by atoms with van der Waals surface area (Å²) < 4.78 is 0. The third-order valence-electron chi connectivity index (χ3n) is 5.70. The van der Waals surface area contributed by atoms with Gasteiger partial charge < -0.3 is 10.2 Å². The van der Waals surface area contributed by atoms with Gasteiger partial charge in [-0.05, 0) is 50.2 Å². The molecule has 1 unspecified atom stereocenters. The number of hydrogen-bond acceptors (Lipinski definition) is 2. The zero-order valence-electron chi connectivity index (χ0n) is 11.4. The van der Waals surface area contributed by atoms with E-state index in [1.54, 1.807) is 0 Å². The third kappa shape index (κ3) is 2.26. The summed E-state index contributed by atoms with van der Waals surface area (Å²) in [6.07, 6.45) is 10.4. The van der Waals surface area contributed by atoms with E-state index < -0.39 is 0 Å². The molecule has 2 aliphatic heterocycles. The van der Waals surface area contributed by atoms with Gasteiger partial charge in [-0.2, -0.15) is 0 Å². The topological polar surface area (TPSA) is 15.3 Å². The number of nitrogens with one attached hydrogen (secondary N) is 1. The van der Waals surface area contributed by atoms with Gasteiger partial charge in [0, 0.05) is 13.1 Å². The highest BCUT2D eigenvalue weighted by Crippen LogP contribution is 2.49. The predicted molar refractivity (Wildman–Crippen MR) is 72.1 cm³/mol. The first-order valence-corrected chi connectivity index (χ1v) is 7.69. The van der Waals surface area contributed by atoms with Crippen LogP contribution in [0.4, 0.5) is 0 Å². The van der Waals surface area contributed by atoms with E-state index in [9.17, 15) is 0 Å². The fourth-order valence-electron chi connectivity index (χ4n) is 4.89. The second kappa shape index (κ2) is 4.89. The summed E-state index contributed by atoms with van der Waals surface area (Å²) in [7, 11) is 2.34. The molecule has 17 heavy (non-hydrogen) atoms. The lowest BCUT2D eigenvalue weighted by Gasteiger charge is -2.43. The molecule has 98 valence electrons. The van der Waals surface area contributed by atoms with Gasteiger partial charge in [0.1, 0.15) is 0 Å². The van der Waals surface area contributed by atoms with Crippen molar-refractivity contribution in [2.75, 3.05) is 33.2 Å². The van der Waals surface area contributed by atoms with Crippen LogP contribution in [0.25, 0.3) is 0 Å². The van der Waals surface area contributed by atoms with Crippen LogP contribution in [-0.4, -0.2) is 38.1 Å². The van der Waals surface area contributed by atoms with E-state index in [4.69, 9.17) is 0 Å². The summed E-state index contributed by atoms with van der Waals surface area (Å²) in [5.41, 5.74) is 0.683. The summed E-state index contributed by atoms with van der Waals surface area (Å²) in [5, 5.41) is 3.56. The molecule has 2 saturated heterocycles. The van der Waals surface area contributed by atoms with Crippen molar-refractivity contribution >= 4 is 0 Å². The molecule has 1 aliphatic carbocycles. The van der Waals surface area contributed by atoms with Gasteiger partial charge in [-0.15, -0.1) is 0 Å². The van der Waals surface area contributed by atoms with E-state index in [-0.39, 0.29) is 0 Å². The normalized spacial score (nSPS) is 35.5. The summed E-state index contributed by atoms with van der Waals surface area (Å²) in [4.78, 5) is 2.62. The molecule has 2 nitrogen and oxygen atoms in total. The molecule has 1 atom stereocenters. The molecule has 3 rings (SSSR count). The van der Waals surface area contributed by atoms with Crippen molar-refractivity contribution in [3.63, 3.8) is 0 Å². The molecular weight excluding hydrogens is 208 g/mol. The zero-order chi connectivity index (χ0) is 11.7. The van der Waals surface area contributed by atoms with Crippen LogP contribution in [0.15, 0.2) is 0 Å². The lowest BCUT2D eigenvalue weighted by atomic mass is 9.63. The fourth-order valence-corrected chi connectivity index (χ4v) is 4.89. The Hall–Kier alpha value is -0.0800. The first kappa shape index (κ1) is 12.0. The number of hydrogen-bond donors (Lipinski definition) is 1. The van der Waals surface area contributed by atoms with E-state index in [1.807, 2.05) is 0 Å². The fraction of sp³-hybridized carbons (Fsp3) is 1.00. The van der Waals surface area contributed by atoms with Gasteiger partial charge in [-0.25, -0.2) is 0 Å². The minimum atomic E-state index is 0.683. The molecule has 1 N–H and O–H groups in total. The Morgan fingerprint density at radius 2 is 1.76 bits per heavy atom.